The highest BCUT2D eigenvalue weighted by Crippen LogP contribution is 2.26. The summed E-state index contributed by atoms with van der Waals surface area (Å²) < 4.78 is 11.0. The summed E-state index contributed by atoms with van der Waals surface area (Å²) >= 11 is 1.40. The van der Waals surface area contributed by atoms with Gasteiger partial charge in [-0.15, -0.1) is 11.3 Å². The fraction of sp³-hybridized carbons (Fsp3) is 0.312. The smallest absolute Gasteiger partial charge is 0.373 e. The summed E-state index contributed by atoms with van der Waals surface area (Å²) in [5.74, 6) is -0.259. The lowest BCUT2D eigenvalue weighted by Gasteiger charge is -2.03. The lowest BCUT2D eigenvalue weighted by Crippen LogP contribution is -2.35. The third kappa shape index (κ3) is 2.58. The van der Waals surface area contributed by atoms with Crippen LogP contribution in [0.4, 0.5) is 0 Å². The number of methoxy groups -OCH3 is 1. The molecule has 3 rings (SSSR count). The van der Waals surface area contributed by atoms with Gasteiger partial charge in [-0.25, -0.2) is 9.59 Å². The molecule has 0 radical (unpaired) electrons. The molecule has 0 fully saturated rings. The number of thiophene rings is 1. The molecule has 24 heavy (non-hydrogen) atoms. The Morgan fingerprint density at radius 1 is 1.38 bits per heavy atom. The van der Waals surface area contributed by atoms with Gasteiger partial charge < -0.3 is 9.15 Å². The number of ether oxygens (including phenoxy) is 1. The van der Waals surface area contributed by atoms with Gasteiger partial charge in [-0.3, -0.25) is 14.3 Å². The molecule has 3 heterocycles. The molecule has 0 bridgehead atoms. The van der Waals surface area contributed by atoms with Gasteiger partial charge in [0.25, 0.3) is 5.56 Å². The molecule has 0 atom stereocenters. The fourth-order valence-corrected chi connectivity index (χ4v) is 3.81. The van der Waals surface area contributed by atoms with Crippen molar-refractivity contribution in [3.63, 3.8) is 0 Å². The van der Waals surface area contributed by atoms with Crippen molar-refractivity contribution in [2.75, 3.05) is 7.11 Å². The van der Waals surface area contributed by atoms with Crippen LogP contribution in [-0.4, -0.2) is 22.6 Å². The number of aromatic nitrogens is 2. The number of esters is 1. The van der Waals surface area contributed by atoms with E-state index in [4.69, 9.17) is 4.42 Å². The molecule has 0 amide bonds. The van der Waals surface area contributed by atoms with Gasteiger partial charge in [0.15, 0.2) is 0 Å². The Labute approximate surface area is 140 Å². The molecule has 0 aromatic carbocycles. The Balaban J connectivity index is 2.10. The average molecular weight is 348 g/mol. The Bertz CT molecular complexity index is 1040. The number of fused-ring (bicyclic) bond motifs is 1. The SMILES string of the molecule is CCc1c(C)sc2[nH]c(=O)n(Cc3ccc(C(=O)OC)o3)c(=O)c12. The van der Waals surface area contributed by atoms with Crippen molar-refractivity contribution in [1.82, 2.24) is 9.55 Å². The van der Waals surface area contributed by atoms with Gasteiger partial charge in [0, 0.05) is 4.88 Å². The topological polar surface area (TPSA) is 94.3 Å². The van der Waals surface area contributed by atoms with E-state index in [0.29, 0.717) is 22.4 Å². The van der Waals surface area contributed by atoms with Gasteiger partial charge in [0.2, 0.25) is 5.76 Å². The molecule has 0 aliphatic heterocycles. The molecule has 7 nitrogen and oxygen atoms in total. The number of aromatic amines is 1. The molecular formula is C16H16N2O5S. The summed E-state index contributed by atoms with van der Waals surface area (Å²) in [6, 6.07) is 2.99. The van der Waals surface area contributed by atoms with Crippen molar-refractivity contribution in [1.29, 1.82) is 0 Å². The van der Waals surface area contributed by atoms with Crippen LogP contribution in [0, 0.1) is 6.92 Å². The molecule has 0 aliphatic rings. The molecule has 8 heteroatoms. The maximum atomic E-state index is 12.8. The van der Waals surface area contributed by atoms with Crippen LogP contribution in [0.5, 0.6) is 0 Å². The predicted octanol–water partition coefficient (Wildman–Crippen LogP) is 2.05. The minimum Gasteiger partial charge on any atom is -0.463 e. The fourth-order valence-electron chi connectivity index (χ4n) is 2.68. The van der Waals surface area contributed by atoms with Crippen LogP contribution >= 0.6 is 11.3 Å². The van der Waals surface area contributed by atoms with E-state index < -0.39 is 11.7 Å². The zero-order valence-corrected chi connectivity index (χ0v) is 14.3. The number of furan rings is 1. The third-order valence-electron chi connectivity index (χ3n) is 3.85. The van der Waals surface area contributed by atoms with Crippen molar-refractivity contribution < 1.29 is 13.9 Å². The number of carbonyl (C=O) groups is 1. The van der Waals surface area contributed by atoms with Crippen LogP contribution in [0.3, 0.4) is 0 Å². The summed E-state index contributed by atoms with van der Waals surface area (Å²) in [4.78, 5) is 40.8. The summed E-state index contributed by atoms with van der Waals surface area (Å²) in [5.41, 5.74) is 0.0816. The minimum absolute atomic E-state index is 0.0266. The maximum Gasteiger partial charge on any atom is 0.373 e. The van der Waals surface area contributed by atoms with E-state index in [9.17, 15) is 14.4 Å². The lowest BCUT2D eigenvalue weighted by molar-refractivity contribution is 0.0563. The van der Waals surface area contributed by atoms with Crippen molar-refractivity contribution in [2.45, 2.75) is 26.8 Å². The van der Waals surface area contributed by atoms with Crippen LogP contribution in [0.2, 0.25) is 0 Å². The second-order valence-electron chi connectivity index (χ2n) is 5.27. The molecule has 0 spiro atoms. The van der Waals surface area contributed by atoms with E-state index in [-0.39, 0.29) is 17.9 Å². The number of rotatable bonds is 4. The molecule has 3 aromatic rings. The first-order valence-corrected chi connectivity index (χ1v) is 8.20. The predicted molar refractivity (Wildman–Crippen MR) is 90.0 cm³/mol. The molecule has 0 saturated carbocycles. The molecule has 0 unspecified atom stereocenters. The largest absolute Gasteiger partial charge is 0.463 e. The van der Waals surface area contributed by atoms with E-state index >= 15 is 0 Å². The van der Waals surface area contributed by atoms with Crippen LogP contribution in [-0.2, 0) is 17.7 Å². The second kappa shape index (κ2) is 6.12. The highest BCUT2D eigenvalue weighted by Gasteiger charge is 2.17. The van der Waals surface area contributed by atoms with Crippen LogP contribution in [0.25, 0.3) is 10.2 Å². The van der Waals surface area contributed by atoms with Crippen molar-refractivity contribution >= 4 is 27.5 Å². The quantitative estimate of drug-likeness (QED) is 0.728. The van der Waals surface area contributed by atoms with Gasteiger partial charge in [0.1, 0.15) is 10.6 Å². The Morgan fingerprint density at radius 2 is 2.12 bits per heavy atom. The molecule has 126 valence electrons. The van der Waals surface area contributed by atoms with Gasteiger partial charge in [0.05, 0.1) is 19.0 Å². The Kier molecular flexibility index (Phi) is 4.15. The molecule has 0 saturated heterocycles. The first-order valence-electron chi connectivity index (χ1n) is 7.38. The summed E-state index contributed by atoms with van der Waals surface area (Å²) in [7, 11) is 1.25. The zero-order valence-electron chi connectivity index (χ0n) is 13.5. The highest BCUT2D eigenvalue weighted by molar-refractivity contribution is 7.18. The molecule has 1 N–H and O–H groups in total. The maximum absolute atomic E-state index is 12.8. The summed E-state index contributed by atoms with van der Waals surface area (Å²) in [6.07, 6.45) is 0.709. The van der Waals surface area contributed by atoms with E-state index in [2.05, 4.69) is 9.72 Å². The van der Waals surface area contributed by atoms with E-state index in [1.165, 1.54) is 24.5 Å². The summed E-state index contributed by atoms with van der Waals surface area (Å²) in [6.45, 7) is 3.85. The van der Waals surface area contributed by atoms with Gasteiger partial charge >= 0.3 is 11.7 Å². The first-order chi connectivity index (χ1) is 11.5. The Hall–Kier alpha value is -2.61. The van der Waals surface area contributed by atoms with Gasteiger partial charge in [-0.05, 0) is 31.0 Å². The summed E-state index contributed by atoms with van der Waals surface area (Å²) in [5, 5.41) is 0.541. The number of hydrogen-bond donors (Lipinski definition) is 1. The number of H-pyrrole nitrogens is 1. The highest BCUT2D eigenvalue weighted by atomic mass is 32.1. The normalized spacial score (nSPS) is 11.1. The number of aryl methyl sites for hydroxylation is 2. The first kappa shape index (κ1) is 16.3. The molecular weight excluding hydrogens is 332 g/mol. The van der Waals surface area contributed by atoms with Crippen LogP contribution in [0.15, 0.2) is 26.1 Å². The van der Waals surface area contributed by atoms with Crippen molar-refractivity contribution in [3.05, 3.63) is 54.9 Å². The minimum atomic E-state index is -0.611. The second-order valence-corrected chi connectivity index (χ2v) is 6.50. The average Bonchev–Trinajstić information content (AvgIpc) is 3.14. The van der Waals surface area contributed by atoms with Gasteiger partial charge in [-0.1, -0.05) is 6.92 Å². The molecule has 3 aromatic heterocycles. The monoisotopic (exact) mass is 348 g/mol. The number of carbonyl (C=O) groups excluding carboxylic acids is 1. The molecule has 0 aliphatic carbocycles. The van der Waals surface area contributed by atoms with E-state index in [1.807, 2.05) is 13.8 Å². The number of hydrogen-bond acceptors (Lipinski definition) is 6. The van der Waals surface area contributed by atoms with Crippen molar-refractivity contribution in [3.8, 4) is 0 Å². The lowest BCUT2D eigenvalue weighted by atomic mass is 10.1. The number of nitrogens with zero attached hydrogens (tertiary/aromatic N) is 1. The van der Waals surface area contributed by atoms with Crippen molar-refractivity contribution in [2.24, 2.45) is 0 Å². The van der Waals surface area contributed by atoms with E-state index in [1.54, 1.807) is 6.07 Å². The standard InChI is InChI=1S/C16H16N2O5S/c1-4-10-8(2)24-13-12(10)14(19)18(16(21)17-13)7-9-5-6-11(23-9)15(20)22-3/h5-6H,4,7H2,1-3H3,(H,17,21). The Morgan fingerprint density at radius 3 is 2.79 bits per heavy atom. The van der Waals surface area contributed by atoms with E-state index in [0.717, 1.165) is 15.0 Å². The van der Waals surface area contributed by atoms with Crippen LogP contribution in [0.1, 0.15) is 33.7 Å². The number of nitrogens with one attached hydrogen (secondary N) is 1. The van der Waals surface area contributed by atoms with Crippen LogP contribution < -0.4 is 11.2 Å². The zero-order chi connectivity index (χ0) is 17.4. The van der Waals surface area contributed by atoms with Gasteiger partial charge in [-0.2, -0.15) is 0 Å². The third-order valence-corrected chi connectivity index (χ3v) is 4.91.